The summed E-state index contributed by atoms with van der Waals surface area (Å²) in [6.45, 7) is 2.06. The van der Waals surface area contributed by atoms with E-state index in [1.54, 1.807) is 24.5 Å². The van der Waals surface area contributed by atoms with Gasteiger partial charge in [0, 0.05) is 25.7 Å². The highest BCUT2D eigenvalue weighted by molar-refractivity contribution is 5.91. The van der Waals surface area contributed by atoms with Gasteiger partial charge in [-0.3, -0.25) is 9.59 Å². The van der Waals surface area contributed by atoms with Crippen LogP contribution in [0, 0.1) is 5.92 Å². The molecule has 0 unspecified atom stereocenters. The summed E-state index contributed by atoms with van der Waals surface area (Å²) in [5, 5.41) is 2.91. The van der Waals surface area contributed by atoms with Crippen molar-refractivity contribution in [3.05, 3.63) is 60.6 Å². The quantitative estimate of drug-likeness (QED) is 0.763. The largest absolute Gasteiger partial charge is 0.484 e. The van der Waals surface area contributed by atoms with E-state index >= 15 is 0 Å². The molecular weight excluding hydrogens is 344 g/mol. The van der Waals surface area contributed by atoms with Crippen LogP contribution in [0.3, 0.4) is 0 Å². The average Bonchev–Trinajstić information content (AvgIpc) is 3.24. The van der Waals surface area contributed by atoms with Crippen LogP contribution in [0.2, 0.25) is 0 Å². The predicted molar refractivity (Wildman–Crippen MR) is 102 cm³/mol. The first-order valence-corrected chi connectivity index (χ1v) is 9.16. The summed E-state index contributed by atoms with van der Waals surface area (Å²) in [5.41, 5.74) is 0. The Bertz CT molecular complexity index is 748. The molecule has 3 rings (SSSR count). The molecule has 0 aliphatic carbocycles. The molecule has 0 spiro atoms. The molecule has 0 saturated carbocycles. The molecular formula is C21H24N2O4. The SMILES string of the molecule is O=C(/C=C/c1ccco1)NCC1CCN(C(=O)COc2ccccc2)CC1. The fraction of sp³-hybridized carbons (Fsp3) is 0.333. The molecule has 6 nitrogen and oxygen atoms in total. The molecule has 2 heterocycles. The van der Waals surface area contributed by atoms with Gasteiger partial charge in [-0.25, -0.2) is 0 Å². The van der Waals surface area contributed by atoms with Crippen LogP contribution in [-0.4, -0.2) is 43.0 Å². The van der Waals surface area contributed by atoms with Crippen molar-refractivity contribution in [3.8, 4) is 5.75 Å². The van der Waals surface area contributed by atoms with Gasteiger partial charge < -0.3 is 19.4 Å². The lowest BCUT2D eigenvalue weighted by molar-refractivity contribution is -0.134. The van der Waals surface area contributed by atoms with Crippen LogP contribution in [0.4, 0.5) is 0 Å². The van der Waals surface area contributed by atoms with Gasteiger partial charge in [0.2, 0.25) is 5.91 Å². The Kier molecular flexibility index (Phi) is 6.68. The van der Waals surface area contributed by atoms with Gasteiger partial charge in [-0.2, -0.15) is 0 Å². The number of para-hydroxylation sites is 1. The third-order valence-electron chi connectivity index (χ3n) is 4.58. The first kappa shape index (κ1) is 18.8. The second-order valence-corrected chi connectivity index (χ2v) is 6.52. The molecule has 2 aromatic rings. The number of rotatable bonds is 7. The smallest absolute Gasteiger partial charge is 0.260 e. The Labute approximate surface area is 158 Å². The summed E-state index contributed by atoms with van der Waals surface area (Å²) in [7, 11) is 0. The van der Waals surface area contributed by atoms with Crippen LogP contribution in [-0.2, 0) is 9.59 Å². The van der Waals surface area contributed by atoms with Crippen molar-refractivity contribution in [1.82, 2.24) is 10.2 Å². The van der Waals surface area contributed by atoms with Gasteiger partial charge in [-0.1, -0.05) is 18.2 Å². The van der Waals surface area contributed by atoms with Crippen molar-refractivity contribution >= 4 is 17.9 Å². The predicted octanol–water partition coefficient (Wildman–Crippen LogP) is 2.73. The van der Waals surface area contributed by atoms with E-state index < -0.39 is 0 Å². The van der Waals surface area contributed by atoms with Crippen LogP contribution in [0.15, 0.2) is 59.2 Å². The monoisotopic (exact) mass is 368 g/mol. The van der Waals surface area contributed by atoms with E-state index in [-0.39, 0.29) is 18.4 Å². The van der Waals surface area contributed by atoms with E-state index in [2.05, 4.69) is 5.32 Å². The van der Waals surface area contributed by atoms with Crippen molar-refractivity contribution < 1.29 is 18.7 Å². The molecule has 1 aromatic heterocycles. The number of hydrogen-bond acceptors (Lipinski definition) is 4. The molecule has 0 radical (unpaired) electrons. The second-order valence-electron chi connectivity index (χ2n) is 6.52. The van der Waals surface area contributed by atoms with Gasteiger partial charge in [0.25, 0.3) is 5.91 Å². The van der Waals surface area contributed by atoms with Crippen LogP contribution < -0.4 is 10.1 Å². The molecule has 1 aliphatic rings. The van der Waals surface area contributed by atoms with Crippen molar-refractivity contribution in [2.75, 3.05) is 26.2 Å². The molecule has 0 atom stereocenters. The number of ether oxygens (including phenoxy) is 1. The van der Waals surface area contributed by atoms with Crippen molar-refractivity contribution in [1.29, 1.82) is 0 Å². The van der Waals surface area contributed by atoms with Gasteiger partial charge in [0.1, 0.15) is 11.5 Å². The molecule has 1 saturated heterocycles. The summed E-state index contributed by atoms with van der Waals surface area (Å²) in [6.07, 6.45) is 6.43. The number of amides is 2. The van der Waals surface area contributed by atoms with E-state index in [0.717, 1.165) is 12.8 Å². The third kappa shape index (κ3) is 6.02. The maximum Gasteiger partial charge on any atom is 0.260 e. The highest BCUT2D eigenvalue weighted by Crippen LogP contribution is 2.17. The molecule has 0 bridgehead atoms. The van der Waals surface area contributed by atoms with Crippen molar-refractivity contribution in [2.24, 2.45) is 5.92 Å². The summed E-state index contributed by atoms with van der Waals surface area (Å²) in [4.78, 5) is 25.9. The fourth-order valence-corrected chi connectivity index (χ4v) is 2.99. The lowest BCUT2D eigenvalue weighted by atomic mass is 9.97. The van der Waals surface area contributed by atoms with E-state index in [0.29, 0.717) is 37.1 Å². The molecule has 1 N–H and O–H groups in total. The number of hydrogen-bond donors (Lipinski definition) is 1. The summed E-state index contributed by atoms with van der Waals surface area (Å²) < 4.78 is 10.7. The number of likely N-dealkylation sites (tertiary alicyclic amines) is 1. The lowest BCUT2D eigenvalue weighted by Crippen LogP contribution is -2.43. The standard InChI is InChI=1S/C21H24N2O4/c24-20(9-8-19-7-4-14-26-19)22-15-17-10-12-23(13-11-17)21(25)16-27-18-5-2-1-3-6-18/h1-9,14,17H,10-13,15-16H2,(H,22,24)/b9-8+. The number of nitrogens with one attached hydrogen (secondary N) is 1. The molecule has 6 heteroatoms. The molecule has 1 fully saturated rings. The highest BCUT2D eigenvalue weighted by Gasteiger charge is 2.23. The maximum atomic E-state index is 12.3. The Balaban J connectivity index is 1.33. The van der Waals surface area contributed by atoms with Crippen molar-refractivity contribution in [3.63, 3.8) is 0 Å². The minimum Gasteiger partial charge on any atom is -0.484 e. The molecule has 2 amide bonds. The van der Waals surface area contributed by atoms with Crippen molar-refractivity contribution in [2.45, 2.75) is 12.8 Å². The Hall–Kier alpha value is -3.02. The molecule has 1 aromatic carbocycles. The molecule has 27 heavy (non-hydrogen) atoms. The molecule has 1 aliphatic heterocycles. The Morgan fingerprint density at radius 3 is 2.63 bits per heavy atom. The minimum absolute atomic E-state index is 0.00252. The van der Waals surface area contributed by atoms with Gasteiger partial charge in [0.15, 0.2) is 6.61 Å². The summed E-state index contributed by atoms with van der Waals surface area (Å²) in [6, 6.07) is 12.9. The number of benzene rings is 1. The second kappa shape index (κ2) is 9.62. The molecule has 142 valence electrons. The van der Waals surface area contributed by atoms with Crippen LogP contribution in [0.5, 0.6) is 5.75 Å². The zero-order chi connectivity index (χ0) is 18.9. The third-order valence-corrected chi connectivity index (χ3v) is 4.58. The zero-order valence-corrected chi connectivity index (χ0v) is 15.2. The number of carbonyl (C=O) groups is 2. The zero-order valence-electron chi connectivity index (χ0n) is 15.2. The van der Waals surface area contributed by atoms with Gasteiger partial charge in [-0.05, 0) is 49.1 Å². The van der Waals surface area contributed by atoms with Gasteiger partial charge in [-0.15, -0.1) is 0 Å². The van der Waals surface area contributed by atoms with Crippen LogP contribution in [0.1, 0.15) is 18.6 Å². The Morgan fingerprint density at radius 2 is 1.93 bits per heavy atom. The average molecular weight is 368 g/mol. The fourth-order valence-electron chi connectivity index (χ4n) is 2.99. The van der Waals surface area contributed by atoms with Gasteiger partial charge in [0.05, 0.1) is 6.26 Å². The first-order valence-electron chi connectivity index (χ1n) is 9.16. The lowest BCUT2D eigenvalue weighted by Gasteiger charge is -2.32. The van der Waals surface area contributed by atoms with E-state index in [1.807, 2.05) is 35.2 Å². The number of furan rings is 1. The first-order chi connectivity index (χ1) is 13.2. The normalized spacial score (nSPS) is 15.0. The number of carbonyl (C=O) groups excluding carboxylic acids is 2. The number of nitrogens with zero attached hydrogens (tertiary/aromatic N) is 1. The van der Waals surface area contributed by atoms with E-state index in [4.69, 9.17) is 9.15 Å². The highest BCUT2D eigenvalue weighted by atomic mass is 16.5. The van der Waals surface area contributed by atoms with Gasteiger partial charge >= 0.3 is 0 Å². The minimum atomic E-state index is -0.138. The van der Waals surface area contributed by atoms with Crippen LogP contribution >= 0.6 is 0 Å². The van der Waals surface area contributed by atoms with E-state index in [1.165, 1.54) is 6.08 Å². The Morgan fingerprint density at radius 1 is 1.15 bits per heavy atom. The summed E-state index contributed by atoms with van der Waals surface area (Å²) in [5.74, 6) is 1.59. The number of piperidine rings is 1. The van der Waals surface area contributed by atoms with Crippen LogP contribution in [0.25, 0.3) is 6.08 Å². The van der Waals surface area contributed by atoms with E-state index in [9.17, 15) is 9.59 Å². The maximum absolute atomic E-state index is 12.3. The topological polar surface area (TPSA) is 71.8 Å². The summed E-state index contributed by atoms with van der Waals surface area (Å²) >= 11 is 0.